The van der Waals surface area contributed by atoms with E-state index in [1.165, 1.54) is 6.26 Å². The summed E-state index contributed by atoms with van der Waals surface area (Å²) in [6.45, 7) is 15.1. The maximum Gasteiger partial charge on any atom is 0.410 e. The van der Waals surface area contributed by atoms with E-state index in [4.69, 9.17) is 16.0 Å². The zero-order valence-corrected chi connectivity index (χ0v) is 24.3. The van der Waals surface area contributed by atoms with Crippen LogP contribution in [-0.2, 0) is 39.8 Å². The van der Waals surface area contributed by atoms with Gasteiger partial charge in [0.15, 0.2) is 0 Å². The standard InChI is InChI=1S/C28H36N6O5S/c1-28(2,3)39-26(35)33-13-9-12-22-23(18-33)30-25(40(5)37)31-24(22)32-14-15-34(21(17-32)16-29-4)27(36)38-19-20-10-7-6-8-11-20/h6-8,10-11,21H,9,12-19H2,1-3,5H3/t21-,40?/m0/s1. The quantitative estimate of drug-likeness (QED) is 0.397. The van der Waals surface area contributed by atoms with Crippen molar-refractivity contribution >= 4 is 28.8 Å². The van der Waals surface area contributed by atoms with Crippen LogP contribution in [0.25, 0.3) is 4.85 Å². The van der Waals surface area contributed by atoms with E-state index in [9.17, 15) is 13.8 Å². The van der Waals surface area contributed by atoms with Gasteiger partial charge in [0.25, 0.3) is 0 Å². The number of benzene rings is 1. The van der Waals surface area contributed by atoms with Crippen LogP contribution in [0.15, 0.2) is 35.5 Å². The summed E-state index contributed by atoms with van der Waals surface area (Å²) in [5.74, 6) is 0.647. The summed E-state index contributed by atoms with van der Waals surface area (Å²) in [4.78, 5) is 44.0. The van der Waals surface area contributed by atoms with E-state index in [1.54, 1.807) is 9.80 Å². The fourth-order valence-corrected chi connectivity index (χ4v) is 5.27. The van der Waals surface area contributed by atoms with Gasteiger partial charge < -0.3 is 24.1 Å². The topological polar surface area (TPSA) is 110 Å². The van der Waals surface area contributed by atoms with E-state index < -0.39 is 34.6 Å². The SMILES string of the molecule is [C-]#[N+]C[C@H]1CN(c2nc(S(C)=O)nc3c2CCCN(C(=O)OC(C)(C)C)C3)CCN1C(=O)OCc1ccccc1. The van der Waals surface area contributed by atoms with Gasteiger partial charge in [-0.2, -0.15) is 0 Å². The summed E-state index contributed by atoms with van der Waals surface area (Å²) in [6, 6.07) is 9.06. The second-order valence-electron chi connectivity index (χ2n) is 10.9. The predicted molar refractivity (Wildman–Crippen MR) is 150 cm³/mol. The predicted octanol–water partition coefficient (Wildman–Crippen LogP) is 3.64. The molecule has 1 saturated heterocycles. The van der Waals surface area contributed by atoms with Gasteiger partial charge in [0.1, 0.15) is 24.1 Å². The van der Waals surface area contributed by atoms with Crippen molar-refractivity contribution in [3.63, 3.8) is 0 Å². The van der Waals surface area contributed by atoms with E-state index in [0.717, 1.165) is 11.1 Å². The minimum atomic E-state index is -1.45. The van der Waals surface area contributed by atoms with E-state index in [0.29, 0.717) is 50.5 Å². The second kappa shape index (κ2) is 12.6. The van der Waals surface area contributed by atoms with Crippen LogP contribution in [0.1, 0.15) is 44.0 Å². The highest BCUT2D eigenvalue weighted by Gasteiger charge is 2.36. The van der Waals surface area contributed by atoms with Crippen molar-refractivity contribution in [2.75, 3.05) is 43.9 Å². The zero-order valence-electron chi connectivity index (χ0n) is 23.5. The summed E-state index contributed by atoms with van der Waals surface area (Å²) in [5, 5.41) is 0.186. The molecule has 1 aromatic carbocycles. The number of amides is 2. The Labute approximate surface area is 237 Å². The molecule has 0 radical (unpaired) electrons. The van der Waals surface area contributed by atoms with Crippen LogP contribution in [0.2, 0.25) is 0 Å². The number of hydrogen-bond donors (Lipinski definition) is 0. The number of rotatable bonds is 5. The van der Waals surface area contributed by atoms with Gasteiger partial charge in [0, 0.05) is 38.0 Å². The maximum atomic E-state index is 13.0. The van der Waals surface area contributed by atoms with Gasteiger partial charge in [-0.15, -0.1) is 0 Å². The minimum Gasteiger partial charge on any atom is -0.445 e. The van der Waals surface area contributed by atoms with Crippen molar-refractivity contribution in [1.82, 2.24) is 19.8 Å². The van der Waals surface area contributed by atoms with Gasteiger partial charge >= 0.3 is 12.2 Å². The van der Waals surface area contributed by atoms with Crippen molar-refractivity contribution in [1.29, 1.82) is 0 Å². The molecule has 0 aliphatic carbocycles. The lowest BCUT2D eigenvalue weighted by molar-refractivity contribution is 0.0234. The Morgan fingerprint density at radius 1 is 1.12 bits per heavy atom. The zero-order chi connectivity index (χ0) is 28.9. The number of nitrogens with zero attached hydrogens (tertiary/aromatic N) is 6. The largest absolute Gasteiger partial charge is 0.445 e. The normalized spacial score (nSPS) is 18.3. The summed E-state index contributed by atoms with van der Waals surface area (Å²) in [7, 11) is -1.45. The van der Waals surface area contributed by atoms with Crippen LogP contribution in [0.5, 0.6) is 0 Å². The molecule has 0 N–H and O–H groups in total. The maximum absolute atomic E-state index is 13.0. The Kier molecular flexibility index (Phi) is 9.25. The molecule has 0 saturated carbocycles. The van der Waals surface area contributed by atoms with E-state index in [2.05, 4.69) is 14.8 Å². The monoisotopic (exact) mass is 568 g/mol. The molecule has 40 heavy (non-hydrogen) atoms. The molecule has 2 aromatic rings. The molecule has 0 bridgehead atoms. The highest BCUT2D eigenvalue weighted by molar-refractivity contribution is 7.84. The molecule has 3 heterocycles. The molecule has 214 valence electrons. The summed E-state index contributed by atoms with van der Waals surface area (Å²) >= 11 is 0. The van der Waals surface area contributed by atoms with Crippen molar-refractivity contribution in [2.45, 2.75) is 63.6 Å². The Bertz CT molecular complexity index is 1290. The molecule has 4 rings (SSSR count). The van der Waals surface area contributed by atoms with Crippen molar-refractivity contribution in [2.24, 2.45) is 0 Å². The molecular weight excluding hydrogens is 532 g/mol. The number of piperazine rings is 1. The first-order chi connectivity index (χ1) is 19.1. The molecule has 11 nitrogen and oxygen atoms in total. The first-order valence-electron chi connectivity index (χ1n) is 13.3. The van der Waals surface area contributed by atoms with Gasteiger partial charge in [0.2, 0.25) is 11.7 Å². The number of carbonyl (C=O) groups is 2. The second-order valence-corrected chi connectivity index (χ2v) is 12.2. The van der Waals surface area contributed by atoms with Crippen LogP contribution in [-0.4, -0.2) is 86.8 Å². The summed E-state index contributed by atoms with van der Waals surface area (Å²) in [6.07, 6.45) is 1.97. The lowest BCUT2D eigenvalue weighted by atomic mass is 10.1. The van der Waals surface area contributed by atoms with Crippen LogP contribution in [0.4, 0.5) is 15.4 Å². The number of fused-ring (bicyclic) bond motifs is 1. The van der Waals surface area contributed by atoms with Gasteiger partial charge in [-0.05, 0) is 39.2 Å². The van der Waals surface area contributed by atoms with E-state index in [1.807, 2.05) is 56.0 Å². The first kappa shape index (κ1) is 29.3. The van der Waals surface area contributed by atoms with Crippen molar-refractivity contribution in [3.05, 3.63) is 58.6 Å². The Hall–Kier alpha value is -3.72. The smallest absolute Gasteiger partial charge is 0.410 e. The molecule has 2 amide bonds. The van der Waals surface area contributed by atoms with Gasteiger partial charge in [-0.1, -0.05) is 30.3 Å². The fraction of sp³-hybridized carbons (Fsp3) is 0.536. The minimum absolute atomic E-state index is 0.114. The molecule has 1 fully saturated rings. The molecule has 0 spiro atoms. The molecule has 12 heteroatoms. The van der Waals surface area contributed by atoms with Crippen LogP contribution >= 0.6 is 0 Å². The molecule has 1 unspecified atom stereocenters. The summed E-state index contributed by atoms with van der Waals surface area (Å²) in [5.41, 5.74) is 1.80. The van der Waals surface area contributed by atoms with Crippen molar-refractivity contribution < 1.29 is 23.3 Å². The Balaban J connectivity index is 1.56. The molecule has 1 aromatic heterocycles. The number of hydrogen-bond acceptors (Lipinski definition) is 8. The molecule has 2 aliphatic rings. The molecular formula is C28H36N6O5S. The number of anilines is 1. The molecule has 2 atom stereocenters. The van der Waals surface area contributed by atoms with Crippen LogP contribution in [0.3, 0.4) is 0 Å². The van der Waals surface area contributed by atoms with Crippen molar-refractivity contribution in [3.8, 4) is 0 Å². The van der Waals surface area contributed by atoms with Gasteiger partial charge in [-0.25, -0.2) is 26.1 Å². The Morgan fingerprint density at radius 2 is 1.88 bits per heavy atom. The average molecular weight is 569 g/mol. The van der Waals surface area contributed by atoms with Gasteiger partial charge in [0.05, 0.1) is 23.0 Å². The Morgan fingerprint density at radius 3 is 2.55 bits per heavy atom. The van der Waals surface area contributed by atoms with Crippen LogP contribution < -0.4 is 4.90 Å². The fourth-order valence-electron chi connectivity index (χ4n) is 4.81. The third-order valence-corrected chi connectivity index (χ3v) is 7.38. The van der Waals surface area contributed by atoms with Gasteiger partial charge in [-0.3, -0.25) is 9.11 Å². The lowest BCUT2D eigenvalue weighted by Crippen LogP contribution is -2.57. The third kappa shape index (κ3) is 7.27. The van der Waals surface area contributed by atoms with Crippen LogP contribution in [0, 0.1) is 6.57 Å². The summed E-state index contributed by atoms with van der Waals surface area (Å²) < 4.78 is 23.7. The average Bonchev–Trinajstić information content (AvgIpc) is 3.14. The number of carbonyl (C=O) groups excluding carboxylic acids is 2. The first-order valence-corrected chi connectivity index (χ1v) is 14.9. The highest BCUT2D eigenvalue weighted by Crippen LogP contribution is 2.30. The number of ether oxygens (including phenoxy) is 2. The van der Waals surface area contributed by atoms with E-state index in [-0.39, 0.29) is 24.9 Å². The van der Waals surface area contributed by atoms with E-state index >= 15 is 0 Å². The molecule has 2 aliphatic heterocycles. The highest BCUT2D eigenvalue weighted by atomic mass is 32.2. The number of aromatic nitrogens is 2. The third-order valence-electron chi connectivity index (χ3n) is 6.68. The lowest BCUT2D eigenvalue weighted by Gasteiger charge is -2.39.